The van der Waals surface area contributed by atoms with Gasteiger partial charge < -0.3 is 15.1 Å². The number of piperazine rings is 1. The predicted molar refractivity (Wildman–Crippen MR) is 112 cm³/mol. The van der Waals surface area contributed by atoms with Crippen LogP contribution in [0.1, 0.15) is 30.5 Å². The van der Waals surface area contributed by atoms with Crippen LogP contribution >= 0.6 is 11.6 Å². The highest BCUT2D eigenvalue weighted by molar-refractivity contribution is 6.33. The second kappa shape index (κ2) is 9.25. The van der Waals surface area contributed by atoms with Gasteiger partial charge in [-0.2, -0.15) is 0 Å². The lowest BCUT2D eigenvalue weighted by molar-refractivity contribution is -0.892. The van der Waals surface area contributed by atoms with Crippen molar-refractivity contribution in [3.8, 4) is 0 Å². The minimum Gasteiger partial charge on any atom is -0.359 e. The molecule has 1 amide bonds. The molecule has 1 aliphatic heterocycles. The molecule has 1 saturated heterocycles. The van der Waals surface area contributed by atoms with Crippen LogP contribution in [0.4, 0.5) is 5.69 Å². The van der Waals surface area contributed by atoms with E-state index >= 15 is 0 Å². The Hall–Kier alpha value is -2.04. The van der Waals surface area contributed by atoms with Crippen molar-refractivity contribution in [2.24, 2.45) is 0 Å². The van der Waals surface area contributed by atoms with Gasteiger partial charge in [0.05, 0.1) is 42.9 Å². The number of halogens is 1. The molecule has 0 radical (unpaired) electrons. The quantitative estimate of drug-likeness (QED) is 0.800. The molecule has 0 unspecified atom stereocenters. The monoisotopic (exact) mass is 386 g/mol. The number of carbonyl (C=O) groups is 1. The van der Waals surface area contributed by atoms with Crippen molar-refractivity contribution >= 4 is 23.2 Å². The number of para-hydroxylation sites is 1. The Labute approximate surface area is 167 Å². The number of hydrogen-bond donors (Lipinski definition) is 2. The number of quaternary nitrogens is 1. The Bertz CT molecular complexity index is 754. The van der Waals surface area contributed by atoms with Crippen molar-refractivity contribution in [2.75, 3.05) is 37.6 Å². The Balaban J connectivity index is 1.50. The minimum atomic E-state index is 0.0851. The van der Waals surface area contributed by atoms with Crippen molar-refractivity contribution in [2.45, 2.75) is 26.3 Å². The van der Waals surface area contributed by atoms with E-state index in [2.05, 4.69) is 54.4 Å². The highest BCUT2D eigenvalue weighted by Crippen LogP contribution is 2.24. The molecule has 0 bridgehead atoms. The lowest BCUT2D eigenvalue weighted by Crippen LogP contribution is -3.16. The van der Waals surface area contributed by atoms with Crippen LogP contribution < -0.4 is 15.1 Å². The summed E-state index contributed by atoms with van der Waals surface area (Å²) in [5, 5.41) is 4.00. The van der Waals surface area contributed by atoms with E-state index in [0.717, 1.165) is 43.3 Å². The molecule has 144 valence electrons. The first-order valence-electron chi connectivity index (χ1n) is 9.75. The molecule has 0 aromatic heterocycles. The fourth-order valence-electron chi connectivity index (χ4n) is 3.64. The summed E-state index contributed by atoms with van der Waals surface area (Å²) in [7, 11) is 0. The van der Waals surface area contributed by atoms with Gasteiger partial charge in [-0.1, -0.05) is 60.5 Å². The Morgan fingerprint density at radius 2 is 1.81 bits per heavy atom. The molecule has 0 aliphatic carbocycles. The van der Waals surface area contributed by atoms with Gasteiger partial charge in [-0.3, -0.25) is 4.79 Å². The lowest BCUT2D eigenvalue weighted by Gasteiger charge is -2.34. The van der Waals surface area contributed by atoms with Crippen molar-refractivity contribution in [1.29, 1.82) is 0 Å². The zero-order chi connectivity index (χ0) is 19.2. The maximum absolute atomic E-state index is 12.6. The SMILES string of the molecule is CC[C@@H](NC(=O)C[NH+]1CCN(c2ccccc2Cl)CC1)c1ccc(C)cc1. The summed E-state index contributed by atoms with van der Waals surface area (Å²) < 4.78 is 0. The second-order valence-corrected chi connectivity index (χ2v) is 7.71. The third-order valence-electron chi connectivity index (χ3n) is 5.30. The maximum Gasteiger partial charge on any atom is 0.275 e. The highest BCUT2D eigenvalue weighted by Gasteiger charge is 2.24. The molecule has 0 saturated carbocycles. The Morgan fingerprint density at radius 3 is 2.44 bits per heavy atom. The molecule has 3 rings (SSSR count). The molecule has 1 atom stereocenters. The number of amides is 1. The van der Waals surface area contributed by atoms with Crippen LogP contribution in [0.5, 0.6) is 0 Å². The minimum absolute atomic E-state index is 0.0851. The fraction of sp³-hybridized carbons (Fsp3) is 0.409. The first kappa shape index (κ1) is 19.7. The standard InChI is InChI=1S/C22H28ClN3O/c1-3-20(18-10-8-17(2)9-11-18)24-22(27)16-25-12-14-26(15-13-25)21-7-5-4-6-19(21)23/h4-11,20H,3,12-16H2,1-2H3,(H,24,27)/p+1/t20-/m1/s1. The number of hydrogen-bond acceptors (Lipinski definition) is 2. The molecule has 2 aromatic rings. The van der Waals surface area contributed by atoms with Crippen LogP contribution in [0.2, 0.25) is 5.02 Å². The average molecular weight is 387 g/mol. The molecular formula is C22H29ClN3O+. The van der Waals surface area contributed by atoms with E-state index in [1.165, 1.54) is 16.0 Å². The van der Waals surface area contributed by atoms with E-state index in [0.29, 0.717) is 6.54 Å². The first-order valence-corrected chi connectivity index (χ1v) is 10.1. The molecule has 27 heavy (non-hydrogen) atoms. The number of carbonyl (C=O) groups excluding carboxylic acids is 1. The number of rotatable bonds is 6. The van der Waals surface area contributed by atoms with Crippen molar-refractivity contribution in [1.82, 2.24) is 5.32 Å². The van der Waals surface area contributed by atoms with E-state index < -0.39 is 0 Å². The highest BCUT2D eigenvalue weighted by atomic mass is 35.5. The van der Waals surface area contributed by atoms with E-state index in [1.54, 1.807) is 0 Å². The molecule has 4 nitrogen and oxygen atoms in total. The molecule has 2 aromatic carbocycles. The van der Waals surface area contributed by atoms with Crippen molar-refractivity contribution in [3.05, 3.63) is 64.7 Å². The van der Waals surface area contributed by atoms with Gasteiger partial charge in [-0.25, -0.2) is 0 Å². The van der Waals surface area contributed by atoms with Gasteiger partial charge in [0, 0.05) is 0 Å². The topological polar surface area (TPSA) is 36.8 Å². The fourth-order valence-corrected chi connectivity index (χ4v) is 3.90. The van der Waals surface area contributed by atoms with E-state index in [1.807, 2.05) is 18.2 Å². The van der Waals surface area contributed by atoms with E-state index in [9.17, 15) is 4.79 Å². The largest absolute Gasteiger partial charge is 0.359 e. The summed E-state index contributed by atoms with van der Waals surface area (Å²) in [4.78, 5) is 16.2. The van der Waals surface area contributed by atoms with Crippen molar-refractivity contribution < 1.29 is 9.69 Å². The van der Waals surface area contributed by atoms with Crippen LogP contribution in [-0.4, -0.2) is 38.6 Å². The van der Waals surface area contributed by atoms with E-state index in [4.69, 9.17) is 11.6 Å². The zero-order valence-corrected chi connectivity index (χ0v) is 16.9. The van der Waals surface area contributed by atoms with Gasteiger partial charge in [-0.05, 0) is 31.0 Å². The summed E-state index contributed by atoms with van der Waals surface area (Å²) in [6, 6.07) is 16.5. The molecular weight excluding hydrogens is 358 g/mol. The van der Waals surface area contributed by atoms with Gasteiger partial charge in [0.25, 0.3) is 5.91 Å². The zero-order valence-electron chi connectivity index (χ0n) is 16.2. The third kappa shape index (κ3) is 5.24. The normalized spacial score (nSPS) is 16.2. The average Bonchev–Trinajstić information content (AvgIpc) is 2.68. The van der Waals surface area contributed by atoms with E-state index in [-0.39, 0.29) is 11.9 Å². The van der Waals surface area contributed by atoms with Gasteiger partial charge in [0.1, 0.15) is 0 Å². The molecule has 2 N–H and O–H groups in total. The summed E-state index contributed by atoms with van der Waals surface area (Å²) in [6.45, 7) is 8.44. The maximum atomic E-state index is 12.6. The Morgan fingerprint density at radius 1 is 1.15 bits per heavy atom. The van der Waals surface area contributed by atoms with Gasteiger partial charge in [0.2, 0.25) is 0 Å². The summed E-state index contributed by atoms with van der Waals surface area (Å²) in [5.74, 6) is 0.128. The first-order chi connectivity index (χ1) is 13.1. The number of anilines is 1. The number of nitrogens with one attached hydrogen (secondary N) is 2. The van der Waals surface area contributed by atoms with Crippen LogP contribution in [0, 0.1) is 6.92 Å². The molecule has 1 aliphatic rings. The number of aryl methyl sites for hydroxylation is 1. The lowest BCUT2D eigenvalue weighted by atomic mass is 10.0. The molecule has 1 fully saturated rings. The third-order valence-corrected chi connectivity index (χ3v) is 5.62. The Kier molecular flexibility index (Phi) is 6.75. The summed E-state index contributed by atoms with van der Waals surface area (Å²) in [6.07, 6.45) is 0.893. The molecule has 5 heteroatoms. The van der Waals surface area contributed by atoms with Gasteiger partial charge >= 0.3 is 0 Å². The van der Waals surface area contributed by atoms with Crippen LogP contribution in [0.3, 0.4) is 0 Å². The van der Waals surface area contributed by atoms with Crippen LogP contribution in [0.15, 0.2) is 48.5 Å². The van der Waals surface area contributed by atoms with Gasteiger partial charge in [-0.15, -0.1) is 0 Å². The number of benzene rings is 2. The smallest absolute Gasteiger partial charge is 0.275 e. The second-order valence-electron chi connectivity index (χ2n) is 7.30. The molecule has 1 heterocycles. The summed E-state index contributed by atoms with van der Waals surface area (Å²) >= 11 is 6.31. The van der Waals surface area contributed by atoms with Gasteiger partial charge in [0.15, 0.2) is 6.54 Å². The van der Waals surface area contributed by atoms with Crippen molar-refractivity contribution in [3.63, 3.8) is 0 Å². The number of nitrogens with zero attached hydrogens (tertiary/aromatic N) is 1. The van der Waals surface area contributed by atoms with Crippen LogP contribution in [-0.2, 0) is 4.79 Å². The summed E-state index contributed by atoms with van der Waals surface area (Å²) in [5.41, 5.74) is 3.50. The predicted octanol–water partition coefficient (Wildman–Crippen LogP) is 2.62. The van der Waals surface area contributed by atoms with Crippen LogP contribution in [0.25, 0.3) is 0 Å². The molecule has 0 spiro atoms.